The fourth-order valence-electron chi connectivity index (χ4n) is 1.31. The van der Waals surface area contributed by atoms with Crippen LogP contribution in [0.5, 0.6) is 0 Å². The summed E-state index contributed by atoms with van der Waals surface area (Å²) in [5, 5.41) is 2.49. The molecule has 0 aliphatic heterocycles. The second-order valence-corrected chi connectivity index (χ2v) is 3.98. The van der Waals surface area contributed by atoms with E-state index in [2.05, 4.69) is 53.7 Å². The summed E-state index contributed by atoms with van der Waals surface area (Å²) >= 11 is 3.34. The molecule has 0 nitrogen and oxygen atoms in total. The Hall–Kier alpha value is -0.820. The normalized spacial score (nSPS) is 13.5. The Kier molecular flexibility index (Phi) is 3.49. The molecule has 0 saturated heterocycles. The monoisotopic (exact) mass is 236 g/mol. The molecule has 13 heavy (non-hydrogen) atoms. The molecule has 0 heterocycles. The van der Waals surface area contributed by atoms with Gasteiger partial charge in [-0.25, -0.2) is 0 Å². The number of hydrogen-bond acceptors (Lipinski definition) is 0. The summed E-state index contributed by atoms with van der Waals surface area (Å²) in [5.41, 5.74) is 1.27. The van der Waals surface area contributed by atoms with Crippen LogP contribution in [0.3, 0.4) is 0 Å². The van der Waals surface area contributed by atoms with Gasteiger partial charge in [-0.15, -0.1) is 0 Å². The molecule has 0 aliphatic carbocycles. The van der Waals surface area contributed by atoms with E-state index < -0.39 is 0 Å². The maximum Gasteiger partial charge on any atom is 0.0109 e. The standard InChI is InChI=1S/C12H13Br/c1-4-11-7-5-6-9(2)12(11)8-10(3)13/h4-8H,3H2,1-2H3/b11-4-,12-8-. The van der Waals surface area contributed by atoms with Crippen molar-refractivity contribution >= 4 is 28.1 Å². The van der Waals surface area contributed by atoms with E-state index >= 15 is 0 Å². The minimum absolute atomic E-state index is 0.907. The van der Waals surface area contributed by atoms with E-state index in [1.165, 1.54) is 16.0 Å². The second kappa shape index (κ2) is 4.43. The highest BCUT2D eigenvalue weighted by Crippen LogP contribution is 2.00. The van der Waals surface area contributed by atoms with E-state index in [0.717, 1.165) is 4.48 Å². The zero-order chi connectivity index (χ0) is 9.84. The third-order valence-electron chi connectivity index (χ3n) is 1.97. The predicted octanol–water partition coefficient (Wildman–Crippen LogP) is 2.48. The minimum atomic E-state index is 0.907. The summed E-state index contributed by atoms with van der Waals surface area (Å²) in [6.07, 6.45) is 4.15. The largest absolute Gasteiger partial charge is 0.0847 e. The molecule has 1 aromatic carbocycles. The number of rotatable bonds is 1. The number of allylic oxidation sites excluding steroid dienone is 1. The van der Waals surface area contributed by atoms with Crippen LogP contribution in [-0.2, 0) is 0 Å². The molecule has 1 aromatic rings. The third-order valence-corrected chi connectivity index (χ3v) is 2.20. The van der Waals surface area contributed by atoms with Crippen molar-refractivity contribution in [3.63, 3.8) is 0 Å². The fraction of sp³-hybridized carbons (Fsp3) is 0.167. The Labute approximate surface area is 87.4 Å². The molecule has 0 saturated carbocycles. The van der Waals surface area contributed by atoms with E-state index in [4.69, 9.17) is 0 Å². The molecule has 0 amide bonds. The summed E-state index contributed by atoms with van der Waals surface area (Å²) in [6.45, 7) is 7.96. The SMILES string of the molecule is C=C(Br)/C=c1/c(C)ccc/c1=C/C. The first-order valence-corrected chi connectivity index (χ1v) is 5.02. The lowest BCUT2D eigenvalue weighted by Gasteiger charge is -1.95. The van der Waals surface area contributed by atoms with Crippen LogP contribution in [0.25, 0.3) is 12.2 Å². The molecule has 0 fully saturated rings. The van der Waals surface area contributed by atoms with Gasteiger partial charge in [-0.3, -0.25) is 0 Å². The van der Waals surface area contributed by atoms with Crippen LogP contribution in [0, 0.1) is 6.92 Å². The maximum absolute atomic E-state index is 3.81. The number of halogens is 1. The molecule has 0 atom stereocenters. The van der Waals surface area contributed by atoms with Gasteiger partial charge in [-0.2, -0.15) is 0 Å². The van der Waals surface area contributed by atoms with E-state index in [9.17, 15) is 0 Å². The van der Waals surface area contributed by atoms with Crippen molar-refractivity contribution in [3.8, 4) is 0 Å². The molecule has 0 N–H and O–H groups in total. The van der Waals surface area contributed by atoms with Gasteiger partial charge in [0.05, 0.1) is 0 Å². The van der Waals surface area contributed by atoms with E-state index in [1.54, 1.807) is 0 Å². The highest BCUT2D eigenvalue weighted by atomic mass is 79.9. The maximum atomic E-state index is 3.81. The van der Waals surface area contributed by atoms with Crippen molar-refractivity contribution in [1.82, 2.24) is 0 Å². The first-order chi connectivity index (χ1) is 6.15. The molecule has 0 radical (unpaired) electrons. The first-order valence-electron chi connectivity index (χ1n) is 4.23. The molecule has 0 bridgehead atoms. The Balaban J connectivity index is 3.60. The third kappa shape index (κ3) is 2.56. The molecule has 1 heteroatoms. The summed E-state index contributed by atoms with van der Waals surface area (Å²) in [6, 6.07) is 6.28. The molecule has 0 spiro atoms. The van der Waals surface area contributed by atoms with Crippen LogP contribution < -0.4 is 10.4 Å². The van der Waals surface area contributed by atoms with Gasteiger partial charge in [0.2, 0.25) is 0 Å². The first kappa shape index (κ1) is 10.3. The van der Waals surface area contributed by atoms with Gasteiger partial charge in [0.15, 0.2) is 0 Å². The van der Waals surface area contributed by atoms with Crippen LogP contribution in [0.15, 0.2) is 29.3 Å². The Morgan fingerprint density at radius 1 is 1.46 bits per heavy atom. The minimum Gasteiger partial charge on any atom is -0.0847 e. The molecule has 0 aliphatic rings. The molecular weight excluding hydrogens is 224 g/mol. The lowest BCUT2D eigenvalue weighted by Crippen LogP contribution is -2.26. The van der Waals surface area contributed by atoms with Crippen molar-refractivity contribution in [1.29, 1.82) is 0 Å². The highest BCUT2D eigenvalue weighted by molar-refractivity contribution is 9.12. The smallest absolute Gasteiger partial charge is 0.0109 e. The van der Waals surface area contributed by atoms with Gasteiger partial charge in [-0.1, -0.05) is 46.8 Å². The van der Waals surface area contributed by atoms with Crippen LogP contribution in [0.2, 0.25) is 0 Å². The van der Waals surface area contributed by atoms with Crippen LogP contribution in [0.4, 0.5) is 0 Å². The summed E-state index contributed by atoms with van der Waals surface area (Å²) in [4.78, 5) is 0. The van der Waals surface area contributed by atoms with Gasteiger partial charge >= 0.3 is 0 Å². The second-order valence-electron chi connectivity index (χ2n) is 2.96. The molecular formula is C12H13Br. The average molecular weight is 237 g/mol. The van der Waals surface area contributed by atoms with Gasteiger partial charge < -0.3 is 0 Å². The number of benzene rings is 1. The van der Waals surface area contributed by atoms with E-state index in [0.29, 0.717) is 0 Å². The van der Waals surface area contributed by atoms with Crippen molar-refractivity contribution in [2.45, 2.75) is 13.8 Å². The molecule has 68 valence electrons. The number of hydrogen-bond donors (Lipinski definition) is 0. The zero-order valence-corrected chi connectivity index (χ0v) is 9.56. The highest BCUT2D eigenvalue weighted by Gasteiger charge is 1.89. The van der Waals surface area contributed by atoms with Crippen molar-refractivity contribution in [3.05, 3.63) is 45.3 Å². The van der Waals surface area contributed by atoms with Gasteiger partial charge in [-0.05, 0) is 35.9 Å². The van der Waals surface area contributed by atoms with E-state index in [1.807, 2.05) is 13.0 Å². The van der Waals surface area contributed by atoms with Crippen molar-refractivity contribution in [2.75, 3.05) is 0 Å². The van der Waals surface area contributed by atoms with E-state index in [-0.39, 0.29) is 0 Å². The van der Waals surface area contributed by atoms with Crippen LogP contribution >= 0.6 is 15.9 Å². The van der Waals surface area contributed by atoms with Crippen molar-refractivity contribution in [2.24, 2.45) is 0 Å². The Bertz CT molecular complexity index is 427. The average Bonchev–Trinajstić information content (AvgIpc) is 2.08. The van der Waals surface area contributed by atoms with Gasteiger partial charge in [0, 0.05) is 4.48 Å². The van der Waals surface area contributed by atoms with Gasteiger partial charge in [0.25, 0.3) is 0 Å². The van der Waals surface area contributed by atoms with Gasteiger partial charge in [0.1, 0.15) is 0 Å². The Morgan fingerprint density at radius 2 is 2.15 bits per heavy atom. The topological polar surface area (TPSA) is 0 Å². The van der Waals surface area contributed by atoms with Crippen LogP contribution in [-0.4, -0.2) is 0 Å². The predicted molar refractivity (Wildman–Crippen MR) is 63.1 cm³/mol. The van der Waals surface area contributed by atoms with Crippen LogP contribution in [0.1, 0.15) is 12.5 Å². The van der Waals surface area contributed by atoms with Crippen molar-refractivity contribution < 1.29 is 0 Å². The summed E-state index contributed by atoms with van der Waals surface area (Å²) in [5.74, 6) is 0. The number of aryl methyl sites for hydroxylation is 1. The fourth-order valence-corrected chi connectivity index (χ4v) is 1.54. The summed E-state index contributed by atoms with van der Waals surface area (Å²) < 4.78 is 0.907. The molecule has 0 unspecified atom stereocenters. The molecule has 0 aromatic heterocycles. The summed E-state index contributed by atoms with van der Waals surface area (Å²) in [7, 11) is 0. The quantitative estimate of drug-likeness (QED) is 0.703. The zero-order valence-electron chi connectivity index (χ0n) is 7.97. The molecule has 1 rings (SSSR count). The Morgan fingerprint density at radius 3 is 2.69 bits per heavy atom. The lowest BCUT2D eigenvalue weighted by atomic mass is 10.1. The lowest BCUT2D eigenvalue weighted by molar-refractivity contribution is 1.37.